The quantitative estimate of drug-likeness (QED) is 0.801. The van der Waals surface area contributed by atoms with Crippen molar-refractivity contribution in [1.29, 1.82) is 0 Å². The molecule has 0 bridgehead atoms. The van der Waals surface area contributed by atoms with Crippen LogP contribution in [0.5, 0.6) is 0 Å². The molecule has 1 N–H and O–H groups in total. The maximum Gasteiger partial charge on any atom is 0.180 e. The number of thioether (sulfide) groups is 1. The highest BCUT2D eigenvalue weighted by Crippen LogP contribution is 2.15. The number of nitrogens with one attached hydrogen (secondary N) is 1. The molecule has 86 valence electrons. The van der Waals surface area contributed by atoms with Gasteiger partial charge in [-0.3, -0.25) is 4.79 Å². The highest BCUT2D eigenvalue weighted by Gasteiger charge is 2.22. The number of halogens is 1. The fraction of sp³-hybridized carbons (Fsp3) is 0.417. The van der Waals surface area contributed by atoms with E-state index < -0.39 is 0 Å². The Kier molecular flexibility index (Phi) is 3.61. The number of benzene rings is 1. The smallest absolute Gasteiger partial charge is 0.180 e. The first-order valence-corrected chi connectivity index (χ1v) is 6.45. The molecule has 0 radical (unpaired) electrons. The maximum absolute atomic E-state index is 13.1. The number of Topliss-reactive ketones (excluding diaryl/α,β-unsaturated/α-hetero) is 1. The second-order valence-corrected chi connectivity index (χ2v) is 5.06. The van der Waals surface area contributed by atoms with E-state index in [1.807, 2.05) is 0 Å². The zero-order valence-electron chi connectivity index (χ0n) is 9.13. The molecule has 0 saturated carbocycles. The Balaban J connectivity index is 2.16. The third kappa shape index (κ3) is 2.44. The second-order valence-electron chi connectivity index (χ2n) is 3.91. The summed E-state index contributed by atoms with van der Waals surface area (Å²) >= 11 is 1.78. The Labute approximate surface area is 98.6 Å². The third-order valence-electron chi connectivity index (χ3n) is 2.68. The first-order valence-electron chi connectivity index (χ1n) is 5.30. The molecule has 2 rings (SSSR count). The van der Waals surface area contributed by atoms with Crippen molar-refractivity contribution in [3.8, 4) is 0 Å². The molecule has 0 spiro atoms. The second kappa shape index (κ2) is 4.97. The summed E-state index contributed by atoms with van der Waals surface area (Å²) in [6.45, 7) is 2.54. The Bertz CT molecular complexity index is 402. The van der Waals surface area contributed by atoms with Crippen LogP contribution >= 0.6 is 11.8 Å². The van der Waals surface area contributed by atoms with Gasteiger partial charge >= 0.3 is 0 Å². The van der Waals surface area contributed by atoms with E-state index in [-0.39, 0.29) is 17.6 Å². The molecule has 1 saturated heterocycles. The van der Waals surface area contributed by atoms with Crippen LogP contribution in [0, 0.1) is 12.7 Å². The van der Waals surface area contributed by atoms with Crippen molar-refractivity contribution in [3.63, 3.8) is 0 Å². The maximum atomic E-state index is 13.1. The van der Waals surface area contributed by atoms with E-state index in [1.165, 1.54) is 6.07 Å². The minimum atomic E-state index is -0.262. The lowest BCUT2D eigenvalue weighted by atomic mass is 10.0. The van der Waals surface area contributed by atoms with Gasteiger partial charge in [0, 0.05) is 23.6 Å². The molecule has 1 atom stereocenters. The van der Waals surface area contributed by atoms with Crippen molar-refractivity contribution in [3.05, 3.63) is 35.1 Å². The van der Waals surface area contributed by atoms with E-state index in [1.54, 1.807) is 30.8 Å². The van der Waals surface area contributed by atoms with Gasteiger partial charge in [-0.25, -0.2) is 4.39 Å². The molecule has 4 heteroatoms. The zero-order valence-corrected chi connectivity index (χ0v) is 9.94. The first kappa shape index (κ1) is 11.6. The number of rotatable bonds is 2. The Morgan fingerprint density at radius 3 is 3.00 bits per heavy atom. The molecule has 0 amide bonds. The minimum absolute atomic E-state index is 0.0651. The molecule has 1 fully saturated rings. The summed E-state index contributed by atoms with van der Waals surface area (Å²) < 4.78 is 13.1. The largest absolute Gasteiger partial charge is 0.306 e. The van der Waals surface area contributed by atoms with E-state index in [4.69, 9.17) is 0 Å². The highest BCUT2D eigenvalue weighted by molar-refractivity contribution is 7.99. The van der Waals surface area contributed by atoms with Crippen LogP contribution in [0.3, 0.4) is 0 Å². The first-order chi connectivity index (χ1) is 7.68. The van der Waals surface area contributed by atoms with E-state index in [0.29, 0.717) is 11.1 Å². The molecule has 1 aromatic carbocycles. The van der Waals surface area contributed by atoms with Crippen molar-refractivity contribution in [2.24, 2.45) is 0 Å². The summed E-state index contributed by atoms with van der Waals surface area (Å²) in [5, 5.41) is 3.19. The summed E-state index contributed by atoms with van der Waals surface area (Å²) in [7, 11) is 0. The molecule has 1 heterocycles. The molecular formula is C12H14FNOS. The number of aryl methyl sites for hydroxylation is 1. The normalized spacial score (nSPS) is 20.8. The standard InChI is InChI=1S/C12H14FNOS/c1-8-6-9(2-3-10(8)13)12(15)11-7-16-5-4-14-11/h2-3,6,11,14H,4-5,7H2,1H3. The lowest BCUT2D eigenvalue weighted by Crippen LogP contribution is -2.43. The van der Waals surface area contributed by atoms with Crippen molar-refractivity contribution < 1.29 is 9.18 Å². The molecule has 0 aliphatic carbocycles. The molecule has 1 aliphatic heterocycles. The average molecular weight is 239 g/mol. The predicted molar refractivity (Wildman–Crippen MR) is 64.6 cm³/mol. The van der Waals surface area contributed by atoms with Gasteiger partial charge in [0.2, 0.25) is 0 Å². The number of carbonyl (C=O) groups excluding carboxylic acids is 1. The third-order valence-corrected chi connectivity index (χ3v) is 3.74. The SMILES string of the molecule is Cc1cc(C(=O)C2CSCCN2)ccc1F. The van der Waals surface area contributed by atoms with Gasteiger partial charge in [0.1, 0.15) is 5.82 Å². The van der Waals surface area contributed by atoms with Gasteiger partial charge in [0.25, 0.3) is 0 Å². The molecular weight excluding hydrogens is 225 g/mol. The van der Waals surface area contributed by atoms with Gasteiger partial charge < -0.3 is 5.32 Å². The van der Waals surface area contributed by atoms with Crippen LogP contribution in [-0.4, -0.2) is 29.9 Å². The van der Waals surface area contributed by atoms with Crippen molar-refractivity contribution in [1.82, 2.24) is 5.32 Å². The topological polar surface area (TPSA) is 29.1 Å². The van der Waals surface area contributed by atoms with Crippen LogP contribution in [0.2, 0.25) is 0 Å². The van der Waals surface area contributed by atoms with E-state index in [9.17, 15) is 9.18 Å². The summed E-state index contributed by atoms with van der Waals surface area (Å²) in [6.07, 6.45) is 0. The van der Waals surface area contributed by atoms with Crippen LogP contribution < -0.4 is 5.32 Å². The molecule has 16 heavy (non-hydrogen) atoms. The Morgan fingerprint density at radius 1 is 1.56 bits per heavy atom. The monoisotopic (exact) mass is 239 g/mol. The van der Waals surface area contributed by atoms with E-state index in [2.05, 4.69) is 5.32 Å². The Morgan fingerprint density at radius 2 is 2.38 bits per heavy atom. The molecule has 1 aromatic rings. The van der Waals surface area contributed by atoms with Crippen LogP contribution in [0.4, 0.5) is 4.39 Å². The van der Waals surface area contributed by atoms with E-state index in [0.717, 1.165) is 18.1 Å². The summed E-state index contributed by atoms with van der Waals surface area (Å²) in [6, 6.07) is 4.42. The Hall–Kier alpha value is -0.870. The predicted octanol–water partition coefficient (Wildman–Crippen LogP) is 2.02. The van der Waals surface area contributed by atoms with Gasteiger partial charge in [0.15, 0.2) is 5.78 Å². The fourth-order valence-electron chi connectivity index (χ4n) is 1.73. The van der Waals surface area contributed by atoms with Gasteiger partial charge in [-0.1, -0.05) is 0 Å². The van der Waals surface area contributed by atoms with E-state index >= 15 is 0 Å². The number of hydrogen-bond donors (Lipinski definition) is 1. The lowest BCUT2D eigenvalue weighted by molar-refractivity contribution is 0.0953. The summed E-state index contributed by atoms with van der Waals surface area (Å²) in [5.41, 5.74) is 1.12. The van der Waals surface area contributed by atoms with Gasteiger partial charge in [0.05, 0.1) is 6.04 Å². The lowest BCUT2D eigenvalue weighted by Gasteiger charge is -2.22. The summed E-state index contributed by atoms with van der Waals surface area (Å²) in [5.74, 6) is 1.65. The molecule has 0 aromatic heterocycles. The minimum Gasteiger partial charge on any atom is -0.306 e. The zero-order chi connectivity index (χ0) is 11.5. The van der Waals surface area contributed by atoms with Crippen molar-refractivity contribution in [2.75, 3.05) is 18.1 Å². The molecule has 2 nitrogen and oxygen atoms in total. The van der Waals surface area contributed by atoms with Gasteiger partial charge in [-0.15, -0.1) is 0 Å². The van der Waals surface area contributed by atoms with Gasteiger partial charge in [-0.2, -0.15) is 11.8 Å². The number of ketones is 1. The van der Waals surface area contributed by atoms with Crippen molar-refractivity contribution in [2.45, 2.75) is 13.0 Å². The molecule has 1 unspecified atom stereocenters. The molecule has 1 aliphatic rings. The van der Waals surface area contributed by atoms with Crippen LogP contribution in [0.15, 0.2) is 18.2 Å². The highest BCUT2D eigenvalue weighted by atomic mass is 32.2. The summed E-state index contributed by atoms with van der Waals surface area (Å²) in [4.78, 5) is 12.1. The van der Waals surface area contributed by atoms with Crippen molar-refractivity contribution >= 4 is 17.5 Å². The van der Waals surface area contributed by atoms with Crippen LogP contribution in [-0.2, 0) is 0 Å². The number of carbonyl (C=O) groups is 1. The van der Waals surface area contributed by atoms with Crippen LogP contribution in [0.25, 0.3) is 0 Å². The average Bonchev–Trinajstić information content (AvgIpc) is 2.33. The van der Waals surface area contributed by atoms with Crippen LogP contribution in [0.1, 0.15) is 15.9 Å². The van der Waals surface area contributed by atoms with Gasteiger partial charge in [-0.05, 0) is 30.7 Å². The fourth-order valence-corrected chi connectivity index (χ4v) is 2.67. The number of hydrogen-bond acceptors (Lipinski definition) is 3.